The maximum atomic E-state index is 13.3. The summed E-state index contributed by atoms with van der Waals surface area (Å²) in [6.07, 6.45) is -6.99. The number of nitrogens with two attached hydrogens (primary N) is 3. The highest BCUT2D eigenvalue weighted by atomic mass is 32.2. The van der Waals surface area contributed by atoms with Gasteiger partial charge in [-0.2, -0.15) is 13.2 Å². The Labute approximate surface area is 254 Å². The number of aliphatic hydroxyl groups is 1. The van der Waals surface area contributed by atoms with Crippen LogP contribution in [0.3, 0.4) is 0 Å². The van der Waals surface area contributed by atoms with E-state index in [2.05, 4.69) is 10.6 Å². The summed E-state index contributed by atoms with van der Waals surface area (Å²) in [5.41, 5.74) is 15.9. The summed E-state index contributed by atoms with van der Waals surface area (Å²) in [4.78, 5) is 40.2. The lowest BCUT2D eigenvalue weighted by Gasteiger charge is -2.26. The first-order valence-electron chi connectivity index (χ1n) is 13.6. The van der Waals surface area contributed by atoms with Crippen molar-refractivity contribution in [2.24, 2.45) is 17.2 Å². The first-order valence-corrected chi connectivity index (χ1v) is 15.1. The molecule has 0 saturated carbocycles. The zero-order chi connectivity index (χ0) is 33.5. The maximum absolute atomic E-state index is 13.3. The second-order valence-corrected chi connectivity index (χ2v) is 13.7. The van der Waals surface area contributed by atoms with Crippen LogP contribution in [0.4, 0.5) is 18.9 Å². The standard InChI is InChI=1S/C28H39F3N6O6S/c1-27(2,3)44(42,43)20-10-8-19(9-11-20)35-26(41)23(24(39)17-4-6-18(7-5-17)28(29,30)31)36-25(40)21(34)16-22(38)37(14-12-32)15-13-33/h4-11,21,23-24,39H,12-16,32-34H2,1-3H3,(H,35,41)(H,36,40)/t21-,23-,24+/m0/s1. The molecule has 0 aliphatic carbocycles. The molecule has 0 aliphatic heterocycles. The Hall–Kier alpha value is -3.57. The predicted octanol–water partition coefficient (Wildman–Crippen LogP) is 0.898. The number of anilines is 1. The molecule has 2 aromatic rings. The van der Waals surface area contributed by atoms with Crippen molar-refractivity contribution in [1.29, 1.82) is 0 Å². The van der Waals surface area contributed by atoms with Crippen molar-refractivity contribution in [2.45, 2.75) is 61.2 Å². The lowest BCUT2D eigenvalue weighted by atomic mass is 9.99. The van der Waals surface area contributed by atoms with Crippen molar-refractivity contribution in [2.75, 3.05) is 31.5 Å². The van der Waals surface area contributed by atoms with Crippen LogP contribution in [0.1, 0.15) is 44.4 Å². The van der Waals surface area contributed by atoms with E-state index < -0.39 is 68.7 Å². The van der Waals surface area contributed by atoms with Gasteiger partial charge < -0.3 is 37.8 Å². The number of hydrogen-bond donors (Lipinski definition) is 6. The fourth-order valence-electron chi connectivity index (χ4n) is 3.98. The number of rotatable bonds is 13. The molecule has 244 valence electrons. The van der Waals surface area contributed by atoms with Gasteiger partial charge in [-0.1, -0.05) is 12.1 Å². The van der Waals surface area contributed by atoms with E-state index in [-0.39, 0.29) is 42.3 Å². The Morgan fingerprint density at radius 3 is 1.89 bits per heavy atom. The van der Waals surface area contributed by atoms with Crippen LogP contribution in [0.5, 0.6) is 0 Å². The van der Waals surface area contributed by atoms with Crippen molar-refractivity contribution < 1.29 is 41.1 Å². The minimum Gasteiger partial charge on any atom is -0.386 e. The van der Waals surface area contributed by atoms with Gasteiger partial charge in [-0.25, -0.2) is 8.42 Å². The maximum Gasteiger partial charge on any atom is 0.416 e. The third kappa shape index (κ3) is 9.46. The van der Waals surface area contributed by atoms with Gasteiger partial charge in [-0.15, -0.1) is 0 Å². The fraction of sp³-hybridized carbons (Fsp3) is 0.464. The van der Waals surface area contributed by atoms with Crippen LogP contribution >= 0.6 is 0 Å². The summed E-state index contributed by atoms with van der Waals surface area (Å²) < 4.78 is 63.5. The van der Waals surface area contributed by atoms with Crippen molar-refractivity contribution >= 4 is 33.2 Å². The van der Waals surface area contributed by atoms with Gasteiger partial charge >= 0.3 is 6.18 Å². The topological polar surface area (TPSA) is 211 Å². The molecule has 16 heteroatoms. The normalized spacial score (nSPS) is 14.3. The molecule has 3 amide bonds. The van der Waals surface area contributed by atoms with E-state index in [1.54, 1.807) is 0 Å². The number of nitrogens with one attached hydrogen (secondary N) is 2. The number of sulfone groups is 1. The number of nitrogens with zero attached hydrogens (tertiary/aromatic N) is 1. The Bertz CT molecular complexity index is 1390. The second kappa shape index (κ2) is 14.9. The SMILES string of the molecule is CC(C)(C)S(=O)(=O)c1ccc(NC(=O)[C@@H](NC(=O)[C@@H](N)CC(=O)N(CCN)CCN)[C@H](O)c2ccc(C(F)(F)F)cc2)cc1. The van der Waals surface area contributed by atoms with Crippen LogP contribution in [-0.2, 0) is 30.4 Å². The van der Waals surface area contributed by atoms with Crippen LogP contribution in [0.15, 0.2) is 53.4 Å². The van der Waals surface area contributed by atoms with Crippen molar-refractivity contribution in [3.8, 4) is 0 Å². The largest absolute Gasteiger partial charge is 0.416 e. The lowest BCUT2D eigenvalue weighted by molar-refractivity contribution is -0.137. The molecule has 0 saturated heterocycles. The summed E-state index contributed by atoms with van der Waals surface area (Å²) in [5, 5.41) is 15.8. The van der Waals surface area contributed by atoms with Crippen LogP contribution in [0, 0.1) is 0 Å². The zero-order valence-corrected chi connectivity index (χ0v) is 25.4. The molecule has 2 rings (SSSR count). The lowest BCUT2D eigenvalue weighted by Crippen LogP contribution is -2.53. The number of carbonyl (C=O) groups is 3. The molecule has 0 bridgehead atoms. The Kier molecular flexibility index (Phi) is 12.4. The Morgan fingerprint density at radius 2 is 1.43 bits per heavy atom. The summed E-state index contributed by atoms with van der Waals surface area (Å²) in [6.45, 7) is 5.19. The molecule has 9 N–H and O–H groups in total. The first-order chi connectivity index (χ1) is 20.3. The van der Waals surface area contributed by atoms with Gasteiger partial charge in [0.15, 0.2) is 9.84 Å². The van der Waals surface area contributed by atoms with Crippen molar-refractivity contribution in [1.82, 2.24) is 10.2 Å². The van der Waals surface area contributed by atoms with E-state index in [1.165, 1.54) is 49.9 Å². The van der Waals surface area contributed by atoms with Crippen molar-refractivity contribution in [3.63, 3.8) is 0 Å². The number of carbonyl (C=O) groups excluding carboxylic acids is 3. The Morgan fingerprint density at radius 1 is 0.909 bits per heavy atom. The number of benzene rings is 2. The minimum absolute atomic E-state index is 0.00778. The molecule has 0 spiro atoms. The highest BCUT2D eigenvalue weighted by Crippen LogP contribution is 2.31. The molecule has 0 aromatic heterocycles. The molecule has 0 aliphatic rings. The van der Waals surface area contributed by atoms with Gasteiger partial charge in [0.25, 0.3) is 0 Å². The quantitative estimate of drug-likeness (QED) is 0.183. The highest BCUT2D eigenvalue weighted by Gasteiger charge is 2.35. The van der Waals surface area contributed by atoms with Gasteiger partial charge in [-0.05, 0) is 62.7 Å². The summed E-state index contributed by atoms with van der Waals surface area (Å²) in [6, 6.07) is 5.19. The smallest absolute Gasteiger partial charge is 0.386 e. The average Bonchev–Trinajstić information content (AvgIpc) is 2.94. The van der Waals surface area contributed by atoms with E-state index in [0.29, 0.717) is 12.1 Å². The molecule has 12 nitrogen and oxygen atoms in total. The van der Waals surface area contributed by atoms with Crippen LogP contribution in [-0.4, -0.2) is 79.2 Å². The van der Waals surface area contributed by atoms with E-state index in [4.69, 9.17) is 17.2 Å². The van der Waals surface area contributed by atoms with Gasteiger partial charge in [0, 0.05) is 31.9 Å². The second-order valence-electron chi connectivity index (χ2n) is 10.9. The van der Waals surface area contributed by atoms with Crippen LogP contribution in [0.2, 0.25) is 0 Å². The molecule has 0 fully saturated rings. The highest BCUT2D eigenvalue weighted by molar-refractivity contribution is 7.92. The molecule has 44 heavy (non-hydrogen) atoms. The molecule has 0 unspecified atom stereocenters. The van der Waals surface area contributed by atoms with Crippen LogP contribution in [0.25, 0.3) is 0 Å². The summed E-state index contributed by atoms with van der Waals surface area (Å²) in [5.74, 6) is -2.53. The third-order valence-electron chi connectivity index (χ3n) is 6.60. The van der Waals surface area contributed by atoms with Gasteiger partial charge in [0.2, 0.25) is 17.7 Å². The number of hydrogen-bond acceptors (Lipinski definition) is 9. The predicted molar refractivity (Wildman–Crippen MR) is 158 cm³/mol. The monoisotopic (exact) mass is 644 g/mol. The van der Waals surface area contributed by atoms with Gasteiger partial charge in [0.1, 0.15) is 12.1 Å². The zero-order valence-electron chi connectivity index (χ0n) is 24.6. The van der Waals surface area contributed by atoms with Crippen LogP contribution < -0.4 is 27.8 Å². The van der Waals surface area contributed by atoms with Gasteiger partial charge in [-0.3, -0.25) is 14.4 Å². The number of amides is 3. The van der Waals surface area contributed by atoms with E-state index in [0.717, 1.165) is 12.1 Å². The van der Waals surface area contributed by atoms with E-state index in [1.807, 2.05) is 0 Å². The molecule has 2 aromatic carbocycles. The van der Waals surface area contributed by atoms with Gasteiger partial charge in [0.05, 0.1) is 27.7 Å². The molecular formula is C28H39F3N6O6S. The first kappa shape index (κ1) is 36.6. The average molecular weight is 645 g/mol. The van der Waals surface area contributed by atoms with E-state index >= 15 is 0 Å². The fourth-order valence-corrected chi connectivity index (χ4v) is 5.19. The molecular weight excluding hydrogens is 605 g/mol. The summed E-state index contributed by atoms with van der Waals surface area (Å²) in [7, 11) is -3.70. The number of halogens is 3. The molecule has 0 heterocycles. The molecule has 3 atom stereocenters. The third-order valence-corrected chi connectivity index (χ3v) is 9.10. The van der Waals surface area contributed by atoms with Crippen molar-refractivity contribution in [3.05, 3.63) is 59.7 Å². The van der Waals surface area contributed by atoms with E-state index in [9.17, 15) is 41.1 Å². The molecule has 0 radical (unpaired) electrons. The minimum atomic E-state index is -4.65. The summed E-state index contributed by atoms with van der Waals surface area (Å²) >= 11 is 0. The number of alkyl halides is 3. The Balaban J connectivity index is 2.34. The number of aliphatic hydroxyl groups excluding tert-OH is 1.